The number of amides is 1. The number of nitrogens with one attached hydrogen (secondary N) is 1. The molecule has 15 heavy (non-hydrogen) atoms. The Labute approximate surface area is 88.4 Å². The SMILES string of the molecule is O=C(O)CN1CCC2NC(=O)CCC2C1. The first-order valence-electron chi connectivity index (χ1n) is 5.38. The van der Waals surface area contributed by atoms with E-state index < -0.39 is 5.97 Å². The summed E-state index contributed by atoms with van der Waals surface area (Å²) in [5.74, 6) is -0.188. The lowest BCUT2D eigenvalue weighted by Crippen LogP contribution is -2.54. The molecule has 2 rings (SSSR count). The number of carboxylic acid groups (broad SMARTS) is 1. The Morgan fingerprint density at radius 3 is 3.07 bits per heavy atom. The van der Waals surface area contributed by atoms with Gasteiger partial charge in [-0.1, -0.05) is 0 Å². The van der Waals surface area contributed by atoms with Crippen LogP contribution >= 0.6 is 0 Å². The van der Waals surface area contributed by atoms with Crippen LogP contribution < -0.4 is 5.32 Å². The van der Waals surface area contributed by atoms with Gasteiger partial charge in [0, 0.05) is 25.6 Å². The van der Waals surface area contributed by atoms with Gasteiger partial charge in [-0.15, -0.1) is 0 Å². The van der Waals surface area contributed by atoms with Gasteiger partial charge in [-0.05, 0) is 18.8 Å². The van der Waals surface area contributed by atoms with Gasteiger partial charge < -0.3 is 10.4 Å². The molecule has 0 radical (unpaired) electrons. The summed E-state index contributed by atoms with van der Waals surface area (Å²) in [6, 6.07) is 0.274. The number of hydrogen-bond acceptors (Lipinski definition) is 3. The molecule has 84 valence electrons. The van der Waals surface area contributed by atoms with E-state index in [1.54, 1.807) is 0 Å². The number of likely N-dealkylation sites (tertiary alicyclic amines) is 1. The van der Waals surface area contributed by atoms with Crippen molar-refractivity contribution in [2.75, 3.05) is 19.6 Å². The third kappa shape index (κ3) is 2.47. The molecule has 5 nitrogen and oxygen atoms in total. The summed E-state index contributed by atoms with van der Waals surface area (Å²) < 4.78 is 0. The van der Waals surface area contributed by atoms with Crippen molar-refractivity contribution in [2.45, 2.75) is 25.3 Å². The lowest BCUT2D eigenvalue weighted by Gasteiger charge is -2.40. The van der Waals surface area contributed by atoms with Crippen LogP contribution in [0, 0.1) is 5.92 Å². The van der Waals surface area contributed by atoms with Crippen molar-refractivity contribution < 1.29 is 14.7 Å². The van der Waals surface area contributed by atoms with Gasteiger partial charge in [0.15, 0.2) is 0 Å². The molecule has 1 amide bonds. The van der Waals surface area contributed by atoms with Crippen LogP contribution in [0.25, 0.3) is 0 Å². The third-order valence-electron chi connectivity index (χ3n) is 3.27. The average Bonchev–Trinajstić information content (AvgIpc) is 2.17. The fourth-order valence-corrected chi connectivity index (χ4v) is 2.52. The minimum Gasteiger partial charge on any atom is -0.480 e. The highest BCUT2D eigenvalue weighted by atomic mass is 16.4. The smallest absolute Gasteiger partial charge is 0.317 e. The molecule has 2 saturated heterocycles. The average molecular weight is 212 g/mol. The maximum atomic E-state index is 11.2. The second-order valence-electron chi connectivity index (χ2n) is 4.39. The lowest BCUT2D eigenvalue weighted by molar-refractivity contribution is -0.139. The van der Waals surface area contributed by atoms with Gasteiger partial charge in [0.1, 0.15) is 0 Å². The third-order valence-corrected chi connectivity index (χ3v) is 3.27. The predicted molar refractivity (Wildman–Crippen MR) is 53.3 cm³/mol. The fraction of sp³-hybridized carbons (Fsp3) is 0.800. The number of nitrogens with zero attached hydrogens (tertiary/aromatic N) is 1. The highest BCUT2D eigenvalue weighted by molar-refractivity contribution is 5.77. The molecule has 2 atom stereocenters. The Bertz CT molecular complexity index is 280. The first-order chi connectivity index (χ1) is 7.15. The van der Waals surface area contributed by atoms with Gasteiger partial charge in [-0.25, -0.2) is 0 Å². The Hall–Kier alpha value is -1.10. The van der Waals surface area contributed by atoms with Crippen LogP contribution in [0.15, 0.2) is 0 Å². The van der Waals surface area contributed by atoms with Gasteiger partial charge in [0.2, 0.25) is 5.91 Å². The van der Waals surface area contributed by atoms with Crippen LogP contribution in [-0.4, -0.2) is 47.6 Å². The Morgan fingerprint density at radius 1 is 1.53 bits per heavy atom. The molecule has 2 aliphatic rings. The summed E-state index contributed by atoms with van der Waals surface area (Å²) in [4.78, 5) is 23.7. The first kappa shape index (κ1) is 10.4. The van der Waals surface area contributed by atoms with Crippen LogP contribution in [0.2, 0.25) is 0 Å². The van der Waals surface area contributed by atoms with E-state index in [-0.39, 0.29) is 18.5 Å². The van der Waals surface area contributed by atoms with Crippen molar-refractivity contribution in [2.24, 2.45) is 5.92 Å². The van der Waals surface area contributed by atoms with Crippen molar-refractivity contribution in [3.8, 4) is 0 Å². The number of rotatable bonds is 2. The summed E-state index contributed by atoms with van der Waals surface area (Å²) >= 11 is 0. The topological polar surface area (TPSA) is 69.6 Å². The number of aliphatic carboxylic acids is 1. The Kier molecular flexibility index (Phi) is 2.90. The maximum absolute atomic E-state index is 11.2. The highest BCUT2D eigenvalue weighted by Gasteiger charge is 2.33. The zero-order chi connectivity index (χ0) is 10.8. The van der Waals surface area contributed by atoms with Gasteiger partial charge in [-0.3, -0.25) is 14.5 Å². The zero-order valence-corrected chi connectivity index (χ0v) is 8.61. The standard InChI is InChI=1S/C10H16N2O3/c13-9-2-1-7-5-12(6-10(14)15)4-3-8(7)11-9/h7-8H,1-6H2,(H,11,13)(H,14,15). The lowest BCUT2D eigenvalue weighted by atomic mass is 9.85. The molecule has 2 fully saturated rings. The van der Waals surface area contributed by atoms with Gasteiger partial charge >= 0.3 is 5.97 Å². The van der Waals surface area contributed by atoms with E-state index in [2.05, 4.69) is 5.32 Å². The normalized spacial score (nSPS) is 31.9. The number of fused-ring (bicyclic) bond motifs is 1. The van der Waals surface area contributed by atoms with E-state index >= 15 is 0 Å². The maximum Gasteiger partial charge on any atom is 0.317 e. The summed E-state index contributed by atoms with van der Waals surface area (Å²) in [5.41, 5.74) is 0. The Morgan fingerprint density at radius 2 is 2.33 bits per heavy atom. The molecule has 2 unspecified atom stereocenters. The van der Waals surface area contributed by atoms with Crippen LogP contribution in [0.4, 0.5) is 0 Å². The van der Waals surface area contributed by atoms with Crippen molar-refractivity contribution in [1.29, 1.82) is 0 Å². The molecule has 0 aromatic rings. The molecule has 0 aromatic heterocycles. The van der Waals surface area contributed by atoms with Crippen LogP contribution in [0.5, 0.6) is 0 Å². The summed E-state index contributed by atoms with van der Waals surface area (Å²) in [6.07, 6.45) is 2.36. The molecule has 0 bridgehead atoms. The highest BCUT2D eigenvalue weighted by Crippen LogP contribution is 2.24. The fourth-order valence-electron chi connectivity index (χ4n) is 2.52. The number of carbonyl (C=O) groups excluding carboxylic acids is 1. The van der Waals surface area contributed by atoms with Crippen molar-refractivity contribution >= 4 is 11.9 Å². The number of hydrogen-bond donors (Lipinski definition) is 2. The molecular weight excluding hydrogens is 196 g/mol. The van der Waals surface area contributed by atoms with Gasteiger partial charge in [0.25, 0.3) is 0 Å². The molecule has 2 aliphatic heterocycles. The van der Waals surface area contributed by atoms with Crippen molar-refractivity contribution in [3.05, 3.63) is 0 Å². The monoisotopic (exact) mass is 212 g/mol. The van der Waals surface area contributed by atoms with E-state index in [1.165, 1.54) is 0 Å². The number of piperidine rings is 2. The number of carbonyl (C=O) groups is 2. The molecular formula is C10H16N2O3. The Balaban J connectivity index is 1.89. The summed E-state index contributed by atoms with van der Waals surface area (Å²) in [6.45, 7) is 1.70. The van der Waals surface area contributed by atoms with Crippen molar-refractivity contribution in [1.82, 2.24) is 10.2 Å². The van der Waals surface area contributed by atoms with Crippen molar-refractivity contribution in [3.63, 3.8) is 0 Å². The zero-order valence-electron chi connectivity index (χ0n) is 8.61. The predicted octanol–water partition coefficient (Wildman–Crippen LogP) is -0.329. The van der Waals surface area contributed by atoms with Gasteiger partial charge in [-0.2, -0.15) is 0 Å². The summed E-state index contributed by atoms with van der Waals surface area (Å²) in [5, 5.41) is 11.7. The largest absolute Gasteiger partial charge is 0.480 e. The van der Waals surface area contributed by atoms with Crippen LogP contribution in [0.3, 0.4) is 0 Å². The molecule has 0 aliphatic carbocycles. The minimum atomic E-state index is -0.770. The van der Waals surface area contributed by atoms with Crippen LogP contribution in [0.1, 0.15) is 19.3 Å². The molecule has 0 spiro atoms. The second-order valence-corrected chi connectivity index (χ2v) is 4.39. The van der Waals surface area contributed by atoms with Crippen LogP contribution in [-0.2, 0) is 9.59 Å². The minimum absolute atomic E-state index is 0.122. The van der Waals surface area contributed by atoms with E-state index in [1.807, 2.05) is 4.90 Å². The van der Waals surface area contributed by atoms with E-state index in [9.17, 15) is 9.59 Å². The molecule has 0 saturated carbocycles. The summed E-state index contributed by atoms with van der Waals surface area (Å²) in [7, 11) is 0. The molecule has 0 aromatic carbocycles. The molecule has 2 N–H and O–H groups in total. The number of carboxylic acids is 1. The second kappa shape index (κ2) is 4.18. The molecule has 5 heteroatoms. The molecule has 2 heterocycles. The first-order valence-corrected chi connectivity index (χ1v) is 5.38. The van der Waals surface area contributed by atoms with Gasteiger partial charge in [0.05, 0.1) is 6.54 Å². The van der Waals surface area contributed by atoms with E-state index in [4.69, 9.17) is 5.11 Å². The van der Waals surface area contributed by atoms with E-state index in [0.717, 1.165) is 25.9 Å². The van der Waals surface area contributed by atoms with E-state index in [0.29, 0.717) is 12.3 Å². The quantitative estimate of drug-likeness (QED) is 0.657.